The summed E-state index contributed by atoms with van der Waals surface area (Å²) in [4.78, 5) is 12.0. The lowest BCUT2D eigenvalue weighted by atomic mass is 10.00. The summed E-state index contributed by atoms with van der Waals surface area (Å²) in [5.41, 5.74) is 1.75. The van der Waals surface area contributed by atoms with Crippen LogP contribution in [0.15, 0.2) is 18.2 Å². The molecule has 7 heteroatoms. The molecule has 2 aliphatic rings. The zero-order valence-electron chi connectivity index (χ0n) is 15.7. The smallest absolute Gasteiger partial charge is 0.310 e. The van der Waals surface area contributed by atoms with Crippen LogP contribution in [0, 0.1) is 5.92 Å². The first-order valence-electron chi connectivity index (χ1n) is 9.06. The van der Waals surface area contributed by atoms with Gasteiger partial charge in [0.05, 0.1) is 17.9 Å². The van der Waals surface area contributed by atoms with Crippen LogP contribution in [0.3, 0.4) is 0 Å². The van der Waals surface area contributed by atoms with Crippen molar-refractivity contribution in [2.75, 3.05) is 24.1 Å². The van der Waals surface area contributed by atoms with Gasteiger partial charge in [-0.15, -0.1) is 0 Å². The van der Waals surface area contributed by atoms with Crippen LogP contribution in [0.1, 0.15) is 44.7 Å². The van der Waals surface area contributed by atoms with Crippen molar-refractivity contribution in [1.82, 2.24) is 0 Å². The van der Waals surface area contributed by atoms with Gasteiger partial charge in [0.2, 0.25) is 10.0 Å². The summed E-state index contributed by atoms with van der Waals surface area (Å²) >= 11 is 0. The van der Waals surface area contributed by atoms with E-state index in [1.807, 2.05) is 39.0 Å². The third kappa shape index (κ3) is 4.57. The highest BCUT2D eigenvalue weighted by atomic mass is 32.2. The van der Waals surface area contributed by atoms with E-state index in [9.17, 15) is 13.2 Å². The Morgan fingerprint density at radius 3 is 2.62 bits per heavy atom. The second-order valence-electron chi connectivity index (χ2n) is 8.07. The third-order valence-electron chi connectivity index (χ3n) is 4.62. The molecule has 0 amide bonds. The number of fused-ring (bicyclic) bond motifs is 1. The van der Waals surface area contributed by atoms with Crippen molar-refractivity contribution in [2.24, 2.45) is 5.92 Å². The van der Waals surface area contributed by atoms with Gasteiger partial charge >= 0.3 is 5.97 Å². The molecule has 26 heavy (non-hydrogen) atoms. The van der Waals surface area contributed by atoms with Crippen molar-refractivity contribution in [1.29, 1.82) is 0 Å². The van der Waals surface area contributed by atoms with E-state index in [4.69, 9.17) is 9.47 Å². The fraction of sp³-hybridized carbons (Fsp3) is 0.632. The zero-order chi connectivity index (χ0) is 18.9. The first kappa shape index (κ1) is 19.2. The van der Waals surface area contributed by atoms with Crippen LogP contribution in [0.4, 0.5) is 5.69 Å². The van der Waals surface area contributed by atoms with E-state index in [1.165, 1.54) is 4.31 Å². The number of carbonyl (C=O) groups excluding carboxylic acids is 1. The molecule has 0 N–H and O–H groups in total. The fourth-order valence-electron chi connectivity index (χ4n) is 3.45. The van der Waals surface area contributed by atoms with Crippen molar-refractivity contribution in [2.45, 2.75) is 51.4 Å². The minimum absolute atomic E-state index is 0.00624. The van der Waals surface area contributed by atoms with Crippen LogP contribution in [0.2, 0.25) is 0 Å². The lowest BCUT2D eigenvalue weighted by Crippen LogP contribution is -2.34. The highest BCUT2D eigenvalue weighted by molar-refractivity contribution is 7.92. The first-order chi connectivity index (χ1) is 12.1. The van der Waals surface area contributed by atoms with E-state index in [0.717, 1.165) is 29.7 Å². The largest absolute Gasteiger partial charge is 0.460 e. The van der Waals surface area contributed by atoms with Gasteiger partial charge in [-0.05, 0) is 56.7 Å². The van der Waals surface area contributed by atoms with Gasteiger partial charge in [-0.1, -0.05) is 12.1 Å². The molecule has 144 valence electrons. The fourth-order valence-corrected chi connectivity index (χ4v) is 5.15. The first-order valence-corrected chi connectivity index (χ1v) is 10.7. The Morgan fingerprint density at radius 2 is 1.96 bits per heavy atom. The van der Waals surface area contributed by atoms with Crippen LogP contribution < -0.4 is 4.31 Å². The molecule has 6 nitrogen and oxygen atoms in total. The van der Waals surface area contributed by atoms with Crippen LogP contribution in [-0.4, -0.2) is 39.7 Å². The van der Waals surface area contributed by atoms with Gasteiger partial charge < -0.3 is 9.47 Å². The van der Waals surface area contributed by atoms with E-state index in [0.29, 0.717) is 25.7 Å². The second kappa shape index (κ2) is 7.19. The number of anilines is 1. The number of carbonyl (C=O) groups is 1. The van der Waals surface area contributed by atoms with E-state index >= 15 is 0 Å². The van der Waals surface area contributed by atoms with E-state index in [2.05, 4.69) is 0 Å². The van der Waals surface area contributed by atoms with Crippen molar-refractivity contribution >= 4 is 21.7 Å². The summed E-state index contributed by atoms with van der Waals surface area (Å²) in [6, 6.07) is 5.46. The lowest BCUT2D eigenvalue weighted by molar-refractivity contribution is -0.153. The van der Waals surface area contributed by atoms with Crippen LogP contribution in [0.5, 0.6) is 0 Å². The number of hydrogen-bond donors (Lipinski definition) is 0. The molecular formula is C19H27NO5S. The van der Waals surface area contributed by atoms with Gasteiger partial charge in [-0.2, -0.15) is 0 Å². The van der Waals surface area contributed by atoms with Crippen molar-refractivity contribution in [3.05, 3.63) is 29.3 Å². The van der Waals surface area contributed by atoms with Gasteiger partial charge in [-0.25, -0.2) is 8.42 Å². The number of rotatable bonds is 4. The maximum Gasteiger partial charge on any atom is 0.310 e. The summed E-state index contributed by atoms with van der Waals surface area (Å²) in [6.07, 6.45) is 1.92. The Hall–Kier alpha value is -1.60. The number of hydrogen-bond acceptors (Lipinski definition) is 5. The Bertz CT molecular complexity index is 776. The summed E-state index contributed by atoms with van der Waals surface area (Å²) < 4.78 is 37.5. The number of nitrogens with zero attached hydrogens (tertiary/aromatic N) is 1. The maximum absolute atomic E-state index is 12.6. The molecule has 0 atom stereocenters. The third-order valence-corrected chi connectivity index (χ3v) is 6.31. The SMILES string of the molecule is CC(C)(C)OC(=O)Cc1ccc2c(c1)CS(=O)(=O)N2CC1CCOCC1. The van der Waals surface area contributed by atoms with Gasteiger partial charge in [0.1, 0.15) is 5.60 Å². The molecule has 0 unspecified atom stereocenters. The number of sulfonamides is 1. The number of ether oxygens (including phenoxy) is 2. The number of esters is 1. The van der Waals surface area contributed by atoms with Gasteiger partial charge in [0, 0.05) is 19.8 Å². The standard InChI is InChI=1S/C19H27NO5S/c1-19(2,3)25-18(21)11-15-4-5-17-16(10-15)13-26(22,23)20(17)12-14-6-8-24-9-7-14/h4-5,10,14H,6-9,11-13H2,1-3H3. The van der Waals surface area contributed by atoms with Crippen LogP contribution in [-0.2, 0) is 36.5 Å². The monoisotopic (exact) mass is 381 g/mol. The summed E-state index contributed by atoms with van der Waals surface area (Å²) in [5, 5.41) is 0. The predicted octanol–water partition coefficient (Wildman–Crippen LogP) is 2.65. The van der Waals surface area contributed by atoms with E-state index < -0.39 is 15.6 Å². The average Bonchev–Trinajstić information content (AvgIpc) is 2.76. The van der Waals surface area contributed by atoms with Crippen molar-refractivity contribution < 1.29 is 22.7 Å². The molecule has 1 aromatic carbocycles. The van der Waals surface area contributed by atoms with Gasteiger partial charge in [0.15, 0.2) is 0 Å². The Morgan fingerprint density at radius 1 is 1.27 bits per heavy atom. The van der Waals surface area contributed by atoms with Crippen molar-refractivity contribution in [3.63, 3.8) is 0 Å². The second-order valence-corrected chi connectivity index (χ2v) is 9.96. The van der Waals surface area contributed by atoms with Gasteiger partial charge in [0.25, 0.3) is 0 Å². The molecule has 1 saturated heterocycles. The molecule has 0 radical (unpaired) electrons. The Balaban J connectivity index is 1.74. The minimum Gasteiger partial charge on any atom is -0.460 e. The molecule has 0 aliphatic carbocycles. The zero-order valence-corrected chi connectivity index (χ0v) is 16.5. The highest BCUT2D eigenvalue weighted by Gasteiger charge is 2.35. The maximum atomic E-state index is 12.6. The topological polar surface area (TPSA) is 72.9 Å². The predicted molar refractivity (Wildman–Crippen MR) is 99.5 cm³/mol. The highest BCUT2D eigenvalue weighted by Crippen LogP contribution is 2.36. The minimum atomic E-state index is -3.34. The summed E-state index contributed by atoms with van der Waals surface area (Å²) in [6.45, 7) is 7.38. The molecule has 0 aromatic heterocycles. The van der Waals surface area contributed by atoms with Crippen LogP contribution in [0.25, 0.3) is 0 Å². The molecule has 0 bridgehead atoms. The quantitative estimate of drug-likeness (QED) is 0.750. The molecule has 1 fully saturated rings. The molecular weight excluding hydrogens is 354 g/mol. The average molecular weight is 381 g/mol. The number of benzene rings is 1. The Kier molecular flexibility index (Phi) is 5.30. The normalized spacial score (nSPS) is 20.0. The summed E-state index contributed by atoms with van der Waals surface area (Å²) in [5.74, 6) is 0.0107. The molecule has 1 aromatic rings. The van der Waals surface area contributed by atoms with E-state index in [1.54, 1.807) is 0 Å². The molecule has 0 saturated carbocycles. The van der Waals surface area contributed by atoms with E-state index in [-0.39, 0.29) is 18.1 Å². The van der Waals surface area contributed by atoms with Gasteiger partial charge in [-0.3, -0.25) is 9.10 Å². The molecule has 2 aliphatic heterocycles. The van der Waals surface area contributed by atoms with Crippen molar-refractivity contribution in [3.8, 4) is 0 Å². The molecule has 0 spiro atoms. The lowest BCUT2D eigenvalue weighted by Gasteiger charge is -2.27. The van der Waals surface area contributed by atoms with Crippen LogP contribution >= 0.6 is 0 Å². The molecule has 3 rings (SSSR count). The molecule has 2 heterocycles. The Labute approximate surface area is 155 Å². The summed E-state index contributed by atoms with van der Waals surface area (Å²) in [7, 11) is -3.34.